The molecule has 1 aromatic carbocycles. The SMILES string of the molecule is CNc1ccc(O)cc1B1OC(C)(C)C(C)(C)O1. The lowest BCUT2D eigenvalue weighted by molar-refractivity contribution is 0.00578. The van der Waals surface area contributed by atoms with Crippen molar-refractivity contribution in [1.82, 2.24) is 0 Å². The van der Waals surface area contributed by atoms with Crippen molar-refractivity contribution in [2.75, 3.05) is 12.4 Å². The predicted octanol–water partition coefficient (Wildman–Crippen LogP) is 1.73. The van der Waals surface area contributed by atoms with Crippen molar-refractivity contribution < 1.29 is 14.4 Å². The van der Waals surface area contributed by atoms with E-state index in [9.17, 15) is 5.11 Å². The van der Waals surface area contributed by atoms with Crippen molar-refractivity contribution in [3.8, 4) is 5.75 Å². The van der Waals surface area contributed by atoms with Crippen LogP contribution in [0.3, 0.4) is 0 Å². The lowest BCUT2D eigenvalue weighted by atomic mass is 9.77. The van der Waals surface area contributed by atoms with Crippen LogP contribution >= 0.6 is 0 Å². The standard InChI is InChI=1S/C13H20BNO3/c1-12(2)13(3,4)18-14(17-12)10-8-9(16)6-7-11(10)15-5/h6-8,15-16H,1-5H3. The van der Waals surface area contributed by atoms with Gasteiger partial charge in [0.05, 0.1) is 11.2 Å². The average molecular weight is 249 g/mol. The summed E-state index contributed by atoms with van der Waals surface area (Å²) in [5.74, 6) is 0.207. The minimum absolute atomic E-state index is 0.207. The summed E-state index contributed by atoms with van der Waals surface area (Å²) < 4.78 is 11.9. The molecular weight excluding hydrogens is 229 g/mol. The summed E-state index contributed by atoms with van der Waals surface area (Å²) in [5.41, 5.74) is 0.949. The number of anilines is 1. The summed E-state index contributed by atoms with van der Waals surface area (Å²) in [6.07, 6.45) is 0. The van der Waals surface area contributed by atoms with Crippen LogP contribution in [-0.2, 0) is 9.31 Å². The first-order valence-electron chi connectivity index (χ1n) is 6.13. The van der Waals surface area contributed by atoms with Gasteiger partial charge in [0.2, 0.25) is 0 Å². The van der Waals surface area contributed by atoms with Gasteiger partial charge in [0, 0.05) is 18.2 Å². The highest BCUT2D eigenvalue weighted by Crippen LogP contribution is 2.37. The lowest BCUT2D eigenvalue weighted by Gasteiger charge is -2.32. The molecule has 0 aromatic heterocycles. The maximum Gasteiger partial charge on any atom is 0.497 e. The van der Waals surface area contributed by atoms with Crippen molar-refractivity contribution >= 4 is 18.3 Å². The van der Waals surface area contributed by atoms with Crippen LogP contribution in [0.4, 0.5) is 5.69 Å². The fourth-order valence-corrected chi connectivity index (χ4v) is 1.94. The maximum absolute atomic E-state index is 9.61. The zero-order valence-electron chi connectivity index (χ0n) is 11.6. The molecule has 0 spiro atoms. The van der Waals surface area contributed by atoms with E-state index in [1.807, 2.05) is 40.8 Å². The number of phenols is 1. The van der Waals surface area contributed by atoms with E-state index in [2.05, 4.69) is 5.32 Å². The van der Waals surface area contributed by atoms with Crippen molar-refractivity contribution in [2.24, 2.45) is 0 Å². The molecule has 1 aliphatic heterocycles. The molecule has 1 aliphatic rings. The van der Waals surface area contributed by atoms with Gasteiger partial charge in [-0.05, 0) is 45.9 Å². The van der Waals surface area contributed by atoms with Crippen LogP contribution in [0.5, 0.6) is 5.75 Å². The molecule has 0 atom stereocenters. The first-order chi connectivity index (χ1) is 8.27. The van der Waals surface area contributed by atoms with Crippen molar-refractivity contribution in [2.45, 2.75) is 38.9 Å². The monoisotopic (exact) mass is 249 g/mol. The molecule has 2 N–H and O–H groups in total. The minimum Gasteiger partial charge on any atom is -0.508 e. The summed E-state index contributed by atoms with van der Waals surface area (Å²) in [5, 5.41) is 12.7. The van der Waals surface area contributed by atoms with Crippen molar-refractivity contribution in [1.29, 1.82) is 0 Å². The van der Waals surface area contributed by atoms with Crippen LogP contribution in [0, 0.1) is 0 Å². The average Bonchev–Trinajstić information content (AvgIpc) is 2.48. The first-order valence-corrected chi connectivity index (χ1v) is 6.13. The fraction of sp³-hybridized carbons (Fsp3) is 0.538. The molecule has 98 valence electrons. The van der Waals surface area contributed by atoms with E-state index in [0.717, 1.165) is 11.2 Å². The topological polar surface area (TPSA) is 50.7 Å². The molecule has 4 nitrogen and oxygen atoms in total. The van der Waals surface area contributed by atoms with Gasteiger partial charge >= 0.3 is 7.12 Å². The highest BCUT2D eigenvalue weighted by Gasteiger charge is 2.52. The van der Waals surface area contributed by atoms with Gasteiger partial charge in [-0.15, -0.1) is 0 Å². The molecule has 1 heterocycles. The Balaban J connectivity index is 2.37. The Morgan fingerprint density at radius 3 is 2.17 bits per heavy atom. The summed E-state index contributed by atoms with van der Waals surface area (Å²) >= 11 is 0. The number of hydrogen-bond acceptors (Lipinski definition) is 4. The largest absolute Gasteiger partial charge is 0.508 e. The predicted molar refractivity (Wildman–Crippen MR) is 73.4 cm³/mol. The van der Waals surface area contributed by atoms with E-state index in [1.165, 1.54) is 0 Å². The molecule has 0 saturated carbocycles. The van der Waals surface area contributed by atoms with Crippen LogP contribution < -0.4 is 10.8 Å². The highest BCUT2D eigenvalue weighted by molar-refractivity contribution is 6.64. The van der Waals surface area contributed by atoms with E-state index in [1.54, 1.807) is 12.1 Å². The molecule has 2 rings (SSSR count). The van der Waals surface area contributed by atoms with Gasteiger partial charge in [0.25, 0.3) is 0 Å². The fourth-order valence-electron chi connectivity index (χ4n) is 1.94. The van der Waals surface area contributed by atoms with Crippen LogP contribution in [0.25, 0.3) is 0 Å². The Bertz CT molecular complexity index is 444. The Morgan fingerprint density at radius 1 is 1.11 bits per heavy atom. The molecule has 0 amide bonds. The van der Waals surface area contributed by atoms with E-state index < -0.39 is 7.12 Å². The van der Waals surface area contributed by atoms with Gasteiger partial charge in [0.1, 0.15) is 5.75 Å². The zero-order valence-corrected chi connectivity index (χ0v) is 11.6. The molecule has 1 aromatic rings. The van der Waals surface area contributed by atoms with Crippen LogP contribution in [0.2, 0.25) is 0 Å². The second kappa shape index (κ2) is 4.18. The molecule has 1 fully saturated rings. The number of nitrogens with one attached hydrogen (secondary N) is 1. The third kappa shape index (κ3) is 2.08. The number of benzene rings is 1. The van der Waals surface area contributed by atoms with E-state index in [0.29, 0.717) is 0 Å². The van der Waals surface area contributed by atoms with Gasteiger partial charge in [-0.25, -0.2) is 0 Å². The molecule has 1 saturated heterocycles. The summed E-state index contributed by atoms with van der Waals surface area (Å²) in [6, 6.07) is 5.13. The molecule has 5 heteroatoms. The smallest absolute Gasteiger partial charge is 0.497 e. The van der Waals surface area contributed by atoms with Crippen molar-refractivity contribution in [3.63, 3.8) is 0 Å². The molecule has 18 heavy (non-hydrogen) atoms. The van der Waals surface area contributed by atoms with E-state index >= 15 is 0 Å². The Hall–Kier alpha value is -1.20. The van der Waals surface area contributed by atoms with Gasteiger partial charge in [0.15, 0.2) is 0 Å². The molecule has 0 radical (unpaired) electrons. The number of rotatable bonds is 2. The number of aromatic hydroxyl groups is 1. The van der Waals surface area contributed by atoms with Gasteiger partial charge in [-0.3, -0.25) is 0 Å². The Kier molecular flexibility index (Phi) is 3.07. The van der Waals surface area contributed by atoms with Gasteiger partial charge in [-0.1, -0.05) is 0 Å². The van der Waals surface area contributed by atoms with Crippen LogP contribution in [0.15, 0.2) is 18.2 Å². The van der Waals surface area contributed by atoms with Gasteiger partial charge < -0.3 is 19.7 Å². The summed E-state index contributed by atoms with van der Waals surface area (Å²) in [7, 11) is 1.37. The normalized spacial score (nSPS) is 21.1. The number of hydrogen-bond donors (Lipinski definition) is 2. The minimum atomic E-state index is -0.468. The Morgan fingerprint density at radius 2 is 1.67 bits per heavy atom. The van der Waals surface area contributed by atoms with Crippen LogP contribution in [-0.4, -0.2) is 30.5 Å². The number of phenolic OH excluding ortho intramolecular Hbond substituents is 1. The summed E-state index contributed by atoms with van der Waals surface area (Å²) in [4.78, 5) is 0. The summed E-state index contributed by atoms with van der Waals surface area (Å²) in [6.45, 7) is 8.04. The molecule has 0 unspecified atom stereocenters. The second-order valence-electron chi connectivity index (χ2n) is 5.61. The quantitative estimate of drug-likeness (QED) is 0.619. The van der Waals surface area contributed by atoms with E-state index in [4.69, 9.17) is 9.31 Å². The first kappa shape index (κ1) is 13.2. The lowest BCUT2D eigenvalue weighted by Crippen LogP contribution is -2.41. The van der Waals surface area contributed by atoms with Crippen LogP contribution in [0.1, 0.15) is 27.7 Å². The molecule has 0 bridgehead atoms. The van der Waals surface area contributed by atoms with E-state index in [-0.39, 0.29) is 17.0 Å². The van der Waals surface area contributed by atoms with Gasteiger partial charge in [-0.2, -0.15) is 0 Å². The maximum atomic E-state index is 9.61. The highest BCUT2D eigenvalue weighted by atomic mass is 16.7. The Labute approximate surface area is 108 Å². The molecule has 0 aliphatic carbocycles. The third-order valence-electron chi connectivity index (χ3n) is 3.81. The molecular formula is C13H20BNO3. The zero-order chi connectivity index (χ0) is 13.6. The van der Waals surface area contributed by atoms with Crippen molar-refractivity contribution in [3.05, 3.63) is 18.2 Å². The third-order valence-corrected chi connectivity index (χ3v) is 3.81. The second-order valence-corrected chi connectivity index (χ2v) is 5.61.